The van der Waals surface area contributed by atoms with Gasteiger partial charge in [0, 0.05) is 26.1 Å². The van der Waals surface area contributed by atoms with Crippen molar-refractivity contribution < 1.29 is 9.52 Å². The molecule has 1 aromatic heterocycles. The van der Waals surface area contributed by atoms with Crippen LogP contribution in [0.15, 0.2) is 40.0 Å². The lowest BCUT2D eigenvalue weighted by Gasteiger charge is -2.25. The van der Waals surface area contributed by atoms with E-state index in [1.54, 1.807) is 13.2 Å². The quantitative estimate of drug-likeness (QED) is 0.232. The van der Waals surface area contributed by atoms with Gasteiger partial charge in [-0.1, -0.05) is 12.2 Å². The molecule has 138 valence electrons. The first-order valence-electron chi connectivity index (χ1n) is 7.84. The minimum atomic E-state index is -0.873. The van der Waals surface area contributed by atoms with Crippen molar-refractivity contribution in [3.8, 4) is 0 Å². The second kappa shape index (κ2) is 11.5. The molecule has 0 radical (unpaired) electrons. The van der Waals surface area contributed by atoms with Crippen molar-refractivity contribution in [2.24, 2.45) is 4.99 Å². The largest absolute Gasteiger partial charge is 0.469 e. The van der Waals surface area contributed by atoms with Crippen LogP contribution in [0.25, 0.3) is 0 Å². The second-order valence-electron chi connectivity index (χ2n) is 6.47. The molecule has 0 saturated heterocycles. The summed E-state index contributed by atoms with van der Waals surface area (Å²) in [5.41, 5.74) is 0.146. The van der Waals surface area contributed by atoms with E-state index >= 15 is 0 Å². The van der Waals surface area contributed by atoms with E-state index < -0.39 is 5.60 Å². The van der Waals surface area contributed by atoms with Crippen LogP contribution in [-0.4, -0.2) is 61.8 Å². The van der Waals surface area contributed by atoms with Crippen LogP contribution < -0.4 is 10.6 Å². The Kier molecular flexibility index (Phi) is 11.0. The SMILES string of the molecule is C=C(C)CNC(=NCC(C)(O)CN(C)C)NCCc1ccco1.I. The highest BCUT2D eigenvalue weighted by Gasteiger charge is 2.21. The van der Waals surface area contributed by atoms with E-state index in [4.69, 9.17) is 4.42 Å². The van der Waals surface area contributed by atoms with Crippen molar-refractivity contribution in [2.75, 3.05) is 40.3 Å². The number of likely N-dealkylation sites (N-methyl/N-ethyl adjacent to an activating group) is 1. The van der Waals surface area contributed by atoms with Crippen molar-refractivity contribution in [1.29, 1.82) is 0 Å². The van der Waals surface area contributed by atoms with E-state index in [-0.39, 0.29) is 24.0 Å². The van der Waals surface area contributed by atoms with Crippen LogP contribution in [0.4, 0.5) is 0 Å². The molecule has 0 amide bonds. The molecule has 3 N–H and O–H groups in total. The van der Waals surface area contributed by atoms with Gasteiger partial charge in [-0.25, -0.2) is 0 Å². The number of halogens is 1. The summed E-state index contributed by atoms with van der Waals surface area (Å²) >= 11 is 0. The molecule has 0 aromatic carbocycles. The molecule has 7 heteroatoms. The molecule has 1 aromatic rings. The molecule has 24 heavy (non-hydrogen) atoms. The fourth-order valence-electron chi connectivity index (χ4n) is 2.15. The average Bonchev–Trinajstić information content (AvgIpc) is 2.92. The number of rotatable bonds is 9. The lowest BCUT2D eigenvalue weighted by atomic mass is 10.1. The number of furan rings is 1. The van der Waals surface area contributed by atoms with Gasteiger partial charge < -0.3 is 25.1 Å². The summed E-state index contributed by atoms with van der Waals surface area (Å²) in [7, 11) is 3.86. The van der Waals surface area contributed by atoms with Gasteiger partial charge in [-0.3, -0.25) is 4.99 Å². The van der Waals surface area contributed by atoms with Gasteiger partial charge in [-0.2, -0.15) is 0 Å². The number of guanidine groups is 1. The van der Waals surface area contributed by atoms with E-state index in [0.29, 0.717) is 32.1 Å². The van der Waals surface area contributed by atoms with Crippen molar-refractivity contribution in [1.82, 2.24) is 15.5 Å². The summed E-state index contributed by atoms with van der Waals surface area (Å²) < 4.78 is 5.31. The Balaban J connectivity index is 0.00000529. The maximum Gasteiger partial charge on any atom is 0.191 e. The minimum Gasteiger partial charge on any atom is -0.469 e. The van der Waals surface area contributed by atoms with E-state index in [0.717, 1.165) is 17.8 Å². The van der Waals surface area contributed by atoms with Crippen LogP contribution in [0.3, 0.4) is 0 Å². The zero-order chi connectivity index (χ0) is 17.3. The summed E-state index contributed by atoms with van der Waals surface area (Å²) in [5, 5.41) is 16.8. The van der Waals surface area contributed by atoms with Gasteiger partial charge in [0.1, 0.15) is 5.76 Å². The highest BCUT2D eigenvalue weighted by molar-refractivity contribution is 14.0. The summed E-state index contributed by atoms with van der Waals surface area (Å²) in [6.45, 7) is 9.83. The predicted molar refractivity (Wildman–Crippen MR) is 110 cm³/mol. The Labute approximate surface area is 162 Å². The highest BCUT2D eigenvalue weighted by atomic mass is 127. The van der Waals surface area contributed by atoms with Crippen LogP contribution in [0.2, 0.25) is 0 Å². The zero-order valence-electron chi connectivity index (χ0n) is 15.1. The Morgan fingerprint density at radius 2 is 2.12 bits per heavy atom. The molecule has 0 aliphatic carbocycles. The van der Waals surface area contributed by atoms with Gasteiger partial charge >= 0.3 is 0 Å². The molecular formula is C17H31IN4O2. The topological polar surface area (TPSA) is 73.0 Å². The monoisotopic (exact) mass is 450 g/mol. The van der Waals surface area contributed by atoms with Crippen LogP contribution >= 0.6 is 24.0 Å². The first-order chi connectivity index (χ1) is 10.8. The number of hydrogen-bond donors (Lipinski definition) is 3. The van der Waals surface area contributed by atoms with Crippen LogP contribution in [0, 0.1) is 0 Å². The van der Waals surface area contributed by atoms with Crippen molar-refractivity contribution >= 4 is 29.9 Å². The highest BCUT2D eigenvalue weighted by Crippen LogP contribution is 2.05. The number of hydrogen-bond acceptors (Lipinski definition) is 4. The predicted octanol–water partition coefficient (Wildman–Crippen LogP) is 1.86. The minimum absolute atomic E-state index is 0. The Hall–Kier alpha value is -1.06. The van der Waals surface area contributed by atoms with E-state index in [1.807, 2.05) is 38.1 Å². The molecule has 0 fully saturated rings. The van der Waals surface area contributed by atoms with Crippen LogP contribution in [0.5, 0.6) is 0 Å². The fourth-order valence-corrected chi connectivity index (χ4v) is 2.15. The van der Waals surface area contributed by atoms with Crippen LogP contribution in [-0.2, 0) is 6.42 Å². The van der Waals surface area contributed by atoms with Gasteiger partial charge in [0.15, 0.2) is 5.96 Å². The standard InChI is InChI=1S/C17H30N4O2.HI/c1-14(2)11-19-16(18-9-8-15-7-6-10-23-15)20-12-17(3,22)13-21(4)5;/h6-7,10,22H,1,8-9,11-13H2,2-5H3,(H2,18,19,20);1H. The molecule has 0 saturated carbocycles. The van der Waals surface area contributed by atoms with Crippen LogP contribution in [0.1, 0.15) is 19.6 Å². The molecular weight excluding hydrogens is 419 g/mol. The summed E-state index contributed by atoms with van der Waals surface area (Å²) in [6.07, 6.45) is 2.44. The lowest BCUT2D eigenvalue weighted by Crippen LogP contribution is -2.43. The lowest BCUT2D eigenvalue weighted by molar-refractivity contribution is 0.0423. The Bertz CT molecular complexity index is 499. The summed E-state index contributed by atoms with van der Waals surface area (Å²) in [4.78, 5) is 6.43. The summed E-state index contributed by atoms with van der Waals surface area (Å²) in [5.74, 6) is 1.59. The molecule has 1 atom stereocenters. The van der Waals surface area contributed by atoms with Crippen molar-refractivity contribution in [3.05, 3.63) is 36.3 Å². The molecule has 0 aliphatic heterocycles. The number of nitrogens with one attached hydrogen (secondary N) is 2. The normalized spacial score (nSPS) is 14.0. The average molecular weight is 450 g/mol. The van der Waals surface area contributed by atoms with E-state index in [9.17, 15) is 5.11 Å². The van der Waals surface area contributed by atoms with Gasteiger partial charge in [-0.05, 0) is 40.1 Å². The molecule has 1 heterocycles. The molecule has 6 nitrogen and oxygen atoms in total. The molecule has 0 aliphatic rings. The fraction of sp³-hybridized carbons (Fsp3) is 0.588. The molecule has 1 rings (SSSR count). The molecule has 0 bridgehead atoms. The van der Waals surface area contributed by atoms with E-state index in [2.05, 4.69) is 22.2 Å². The number of aliphatic imine (C=N–C) groups is 1. The maximum absolute atomic E-state index is 10.3. The van der Waals surface area contributed by atoms with Gasteiger partial charge in [0.25, 0.3) is 0 Å². The van der Waals surface area contributed by atoms with E-state index in [1.165, 1.54) is 0 Å². The smallest absolute Gasteiger partial charge is 0.191 e. The molecule has 1 unspecified atom stereocenters. The third-order valence-electron chi connectivity index (χ3n) is 3.04. The zero-order valence-corrected chi connectivity index (χ0v) is 17.5. The molecule has 0 spiro atoms. The Morgan fingerprint density at radius 1 is 1.42 bits per heavy atom. The Morgan fingerprint density at radius 3 is 2.67 bits per heavy atom. The second-order valence-corrected chi connectivity index (χ2v) is 6.47. The maximum atomic E-state index is 10.3. The van der Waals surface area contributed by atoms with Gasteiger partial charge in [-0.15, -0.1) is 24.0 Å². The number of nitrogens with zero attached hydrogens (tertiary/aromatic N) is 2. The van der Waals surface area contributed by atoms with Crippen molar-refractivity contribution in [2.45, 2.75) is 25.9 Å². The van der Waals surface area contributed by atoms with Gasteiger partial charge in [0.05, 0.1) is 18.4 Å². The first-order valence-corrected chi connectivity index (χ1v) is 7.84. The third-order valence-corrected chi connectivity index (χ3v) is 3.04. The third kappa shape index (κ3) is 10.7. The van der Waals surface area contributed by atoms with Gasteiger partial charge in [0.2, 0.25) is 0 Å². The first kappa shape index (κ1) is 22.9. The van der Waals surface area contributed by atoms with Crippen molar-refractivity contribution in [3.63, 3.8) is 0 Å². The number of aliphatic hydroxyl groups is 1. The summed E-state index contributed by atoms with van der Waals surface area (Å²) in [6, 6.07) is 3.82.